The van der Waals surface area contributed by atoms with Crippen LogP contribution in [0, 0.1) is 5.92 Å². The smallest absolute Gasteiger partial charge is 0.140 e. The molecule has 0 bridgehead atoms. The molecule has 1 saturated carbocycles. The Morgan fingerprint density at radius 2 is 2.44 bits per heavy atom. The maximum Gasteiger partial charge on any atom is 0.140 e. The number of hydrogen-bond donors (Lipinski definition) is 3. The van der Waals surface area contributed by atoms with Crippen LogP contribution in [0.3, 0.4) is 0 Å². The Bertz CT molecular complexity index is 427. The van der Waals surface area contributed by atoms with E-state index >= 15 is 0 Å². The minimum atomic E-state index is -0.611. The van der Waals surface area contributed by atoms with Gasteiger partial charge in [-0.3, -0.25) is 0 Å². The molecule has 0 spiro atoms. The molecular formula is C13H20BrN3O. The number of aromatic nitrogens is 1. The zero-order valence-electron chi connectivity index (χ0n) is 10.6. The van der Waals surface area contributed by atoms with Crippen molar-refractivity contribution in [3.05, 3.63) is 16.7 Å². The van der Waals surface area contributed by atoms with Crippen LogP contribution in [0.2, 0.25) is 0 Å². The second-order valence-electron chi connectivity index (χ2n) is 5.38. The first-order valence-electron chi connectivity index (χ1n) is 6.36. The van der Waals surface area contributed by atoms with Crippen molar-refractivity contribution in [1.29, 1.82) is 0 Å². The molecule has 0 aliphatic heterocycles. The molecule has 1 aromatic heterocycles. The Morgan fingerprint density at radius 3 is 3.11 bits per heavy atom. The topological polar surface area (TPSA) is 71.2 Å². The maximum atomic E-state index is 10.5. The second kappa shape index (κ2) is 5.45. The number of halogens is 1. The average Bonchev–Trinajstić information content (AvgIpc) is 2.27. The van der Waals surface area contributed by atoms with Crippen LogP contribution in [0.5, 0.6) is 0 Å². The molecule has 18 heavy (non-hydrogen) atoms. The molecule has 4 nitrogen and oxygen atoms in total. The van der Waals surface area contributed by atoms with Crippen LogP contribution in [-0.4, -0.2) is 22.2 Å². The lowest BCUT2D eigenvalue weighted by Gasteiger charge is -2.35. The maximum absolute atomic E-state index is 10.5. The molecule has 1 fully saturated rings. The van der Waals surface area contributed by atoms with Gasteiger partial charge >= 0.3 is 0 Å². The van der Waals surface area contributed by atoms with Gasteiger partial charge in [0, 0.05) is 6.54 Å². The summed E-state index contributed by atoms with van der Waals surface area (Å²) < 4.78 is 0.829. The van der Waals surface area contributed by atoms with Crippen LogP contribution in [-0.2, 0) is 0 Å². The number of nitrogen functional groups attached to an aromatic ring is 1. The van der Waals surface area contributed by atoms with Crippen LogP contribution in [0.25, 0.3) is 0 Å². The zero-order valence-corrected chi connectivity index (χ0v) is 12.2. The number of rotatable bonds is 3. The molecule has 5 heteroatoms. The van der Waals surface area contributed by atoms with E-state index in [1.54, 1.807) is 6.20 Å². The first kappa shape index (κ1) is 13.6. The first-order valence-corrected chi connectivity index (χ1v) is 7.15. The molecule has 1 aliphatic rings. The van der Waals surface area contributed by atoms with Crippen LogP contribution in [0.15, 0.2) is 16.7 Å². The third-order valence-electron chi connectivity index (χ3n) is 3.51. The Hall–Kier alpha value is -0.810. The summed E-state index contributed by atoms with van der Waals surface area (Å²) in [6.45, 7) is 2.73. The second-order valence-corrected chi connectivity index (χ2v) is 6.23. The highest BCUT2D eigenvalue weighted by atomic mass is 79.9. The summed E-state index contributed by atoms with van der Waals surface area (Å²) in [6, 6.07) is 1.81. The van der Waals surface area contributed by atoms with Crippen LogP contribution in [0.4, 0.5) is 11.5 Å². The summed E-state index contributed by atoms with van der Waals surface area (Å²) in [7, 11) is 0. The van der Waals surface area contributed by atoms with Crippen molar-refractivity contribution in [3.8, 4) is 0 Å². The van der Waals surface area contributed by atoms with Gasteiger partial charge < -0.3 is 16.2 Å². The van der Waals surface area contributed by atoms with Gasteiger partial charge in [0.2, 0.25) is 0 Å². The van der Waals surface area contributed by atoms with Crippen molar-refractivity contribution in [2.75, 3.05) is 17.6 Å². The van der Waals surface area contributed by atoms with Crippen molar-refractivity contribution in [2.45, 2.75) is 38.2 Å². The van der Waals surface area contributed by atoms with Crippen LogP contribution in [0.1, 0.15) is 32.6 Å². The predicted octanol–water partition coefficient (Wildman–Crippen LogP) is 2.78. The fourth-order valence-electron chi connectivity index (χ4n) is 2.62. The summed E-state index contributed by atoms with van der Waals surface area (Å²) in [4.78, 5) is 4.22. The van der Waals surface area contributed by atoms with E-state index in [9.17, 15) is 5.11 Å². The first-order chi connectivity index (χ1) is 8.48. The minimum absolute atomic E-state index is 0.535. The van der Waals surface area contributed by atoms with E-state index in [0.29, 0.717) is 18.2 Å². The normalized spacial score (nSPS) is 28.1. The van der Waals surface area contributed by atoms with Gasteiger partial charge in [0.05, 0.1) is 22.0 Å². The van der Waals surface area contributed by atoms with Gasteiger partial charge in [-0.05, 0) is 40.8 Å². The summed E-state index contributed by atoms with van der Waals surface area (Å²) in [5.41, 5.74) is 5.65. The van der Waals surface area contributed by atoms with E-state index in [-0.39, 0.29) is 0 Å². The molecular weight excluding hydrogens is 294 g/mol. The lowest BCUT2D eigenvalue weighted by molar-refractivity contribution is -0.000835. The van der Waals surface area contributed by atoms with Crippen molar-refractivity contribution >= 4 is 27.4 Å². The molecule has 0 aromatic carbocycles. The summed E-state index contributed by atoms with van der Waals surface area (Å²) >= 11 is 3.41. The lowest BCUT2D eigenvalue weighted by atomic mass is 9.79. The van der Waals surface area contributed by atoms with E-state index in [2.05, 4.69) is 33.2 Å². The molecule has 0 radical (unpaired) electrons. The van der Waals surface area contributed by atoms with E-state index in [4.69, 9.17) is 5.73 Å². The zero-order chi connectivity index (χ0) is 13.2. The number of aliphatic hydroxyl groups is 1. The molecule has 0 amide bonds. The third kappa shape index (κ3) is 3.36. The Morgan fingerprint density at radius 1 is 1.67 bits per heavy atom. The number of anilines is 2. The average molecular weight is 314 g/mol. The van der Waals surface area contributed by atoms with E-state index in [1.165, 1.54) is 6.42 Å². The van der Waals surface area contributed by atoms with Crippen molar-refractivity contribution in [2.24, 2.45) is 5.92 Å². The molecule has 1 heterocycles. The molecule has 100 valence electrons. The molecule has 0 saturated heterocycles. The van der Waals surface area contributed by atoms with Gasteiger partial charge in [-0.15, -0.1) is 0 Å². The van der Waals surface area contributed by atoms with Gasteiger partial charge in [-0.2, -0.15) is 0 Å². The fraction of sp³-hybridized carbons (Fsp3) is 0.615. The minimum Gasteiger partial charge on any atom is -0.397 e. The van der Waals surface area contributed by atoms with Gasteiger partial charge in [0.25, 0.3) is 0 Å². The van der Waals surface area contributed by atoms with E-state index in [0.717, 1.165) is 29.6 Å². The molecule has 2 unspecified atom stereocenters. The summed E-state index contributed by atoms with van der Waals surface area (Å²) in [6.07, 6.45) is 5.63. The van der Waals surface area contributed by atoms with Gasteiger partial charge in [-0.25, -0.2) is 4.98 Å². The molecule has 2 rings (SSSR count). The Labute approximate surface area is 116 Å². The van der Waals surface area contributed by atoms with Crippen molar-refractivity contribution in [1.82, 2.24) is 4.98 Å². The highest BCUT2D eigenvalue weighted by Crippen LogP contribution is 2.32. The molecule has 4 N–H and O–H groups in total. The SMILES string of the molecule is CC1CCCC(O)(CNc2ncc(N)cc2Br)C1. The van der Waals surface area contributed by atoms with Crippen LogP contribution < -0.4 is 11.1 Å². The molecule has 1 aliphatic carbocycles. The highest BCUT2D eigenvalue weighted by Gasteiger charge is 2.32. The number of nitrogens with zero attached hydrogens (tertiary/aromatic N) is 1. The largest absolute Gasteiger partial charge is 0.397 e. The van der Waals surface area contributed by atoms with Gasteiger partial charge in [0.15, 0.2) is 0 Å². The number of hydrogen-bond acceptors (Lipinski definition) is 4. The highest BCUT2D eigenvalue weighted by molar-refractivity contribution is 9.10. The number of pyridine rings is 1. The fourth-order valence-corrected chi connectivity index (χ4v) is 3.13. The van der Waals surface area contributed by atoms with Gasteiger partial charge in [0.1, 0.15) is 5.82 Å². The standard InChI is InChI=1S/C13H20BrN3O/c1-9-3-2-4-13(18,6-9)8-17-12-11(14)5-10(15)7-16-12/h5,7,9,18H,2-4,6,8,15H2,1H3,(H,16,17). The molecule has 1 aromatic rings. The van der Waals surface area contributed by atoms with Crippen molar-refractivity contribution in [3.63, 3.8) is 0 Å². The Kier molecular flexibility index (Phi) is 4.12. The van der Waals surface area contributed by atoms with Gasteiger partial charge in [-0.1, -0.05) is 19.8 Å². The summed E-state index contributed by atoms with van der Waals surface area (Å²) in [5, 5.41) is 13.7. The Balaban J connectivity index is 1.98. The number of nitrogens with one attached hydrogen (secondary N) is 1. The summed E-state index contributed by atoms with van der Waals surface area (Å²) in [5.74, 6) is 1.32. The predicted molar refractivity (Wildman–Crippen MR) is 77.4 cm³/mol. The molecule has 2 atom stereocenters. The lowest BCUT2D eigenvalue weighted by Crippen LogP contribution is -2.41. The van der Waals surface area contributed by atoms with E-state index < -0.39 is 5.60 Å². The number of nitrogens with two attached hydrogens (primary N) is 1. The van der Waals surface area contributed by atoms with E-state index in [1.807, 2.05) is 6.07 Å². The van der Waals surface area contributed by atoms with Crippen molar-refractivity contribution < 1.29 is 5.11 Å². The quantitative estimate of drug-likeness (QED) is 0.802. The third-order valence-corrected chi connectivity index (χ3v) is 4.12. The van der Waals surface area contributed by atoms with Crippen LogP contribution >= 0.6 is 15.9 Å². The monoisotopic (exact) mass is 313 g/mol.